The van der Waals surface area contributed by atoms with Gasteiger partial charge in [0.15, 0.2) is 11.6 Å². The van der Waals surface area contributed by atoms with Gasteiger partial charge in [-0.25, -0.2) is 9.18 Å². The lowest BCUT2D eigenvalue weighted by molar-refractivity contribution is 0.129. The van der Waals surface area contributed by atoms with Gasteiger partial charge in [0.1, 0.15) is 0 Å². The number of amides is 2. The van der Waals surface area contributed by atoms with Gasteiger partial charge in [0.25, 0.3) is 0 Å². The Morgan fingerprint density at radius 2 is 2.38 bits per heavy atom. The average Bonchev–Trinajstić information content (AvgIpc) is 2.52. The van der Waals surface area contributed by atoms with Crippen LogP contribution >= 0.6 is 0 Å². The van der Waals surface area contributed by atoms with Crippen molar-refractivity contribution in [2.75, 3.05) is 26.8 Å². The van der Waals surface area contributed by atoms with Crippen LogP contribution in [0.2, 0.25) is 0 Å². The van der Waals surface area contributed by atoms with Gasteiger partial charge < -0.3 is 20.1 Å². The number of piperidine rings is 1. The predicted octanol–water partition coefficient (Wildman–Crippen LogP) is 1.75. The van der Waals surface area contributed by atoms with Crippen LogP contribution < -0.4 is 10.1 Å². The quantitative estimate of drug-likeness (QED) is 0.890. The highest BCUT2D eigenvalue weighted by Gasteiger charge is 2.22. The number of methoxy groups -OCH3 is 1. The van der Waals surface area contributed by atoms with Crippen LogP contribution in [0.3, 0.4) is 0 Å². The largest absolute Gasteiger partial charge is 0.494 e. The normalized spacial score (nSPS) is 18.4. The summed E-state index contributed by atoms with van der Waals surface area (Å²) in [5.74, 6) is -0.0996. The molecule has 6 heteroatoms. The van der Waals surface area contributed by atoms with Crippen LogP contribution in [0, 0.1) is 11.7 Å². The summed E-state index contributed by atoms with van der Waals surface area (Å²) in [5, 5.41) is 11.9. The predicted molar refractivity (Wildman–Crippen MR) is 76.6 cm³/mol. The maximum absolute atomic E-state index is 13.6. The third-order valence-corrected chi connectivity index (χ3v) is 3.72. The molecule has 2 N–H and O–H groups in total. The monoisotopic (exact) mass is 296 g/mol. The first-order valence-electron chi connectivity index (χ1n) is 7.10. The Balaban J connectivity index is 1.87. The van der Waals surface area contributed by atoms with E-state index in [9.17, 15) is 9.18 Å². The Morgan fingerprint density at radius 3 is 3.05 bits per heavy atom. The number of hydrogen-bond donors (Lipinski definition) is 2. The molecule has 21 heavy (non-hydrogen) atoms. The Morgan fingerprint density at radius 1 is 1.57 bits per heavy atom. The van der Waals surface area contributed by atoms with Crippen molar-refractivity contribution >= 4 is 6.03 Å². The summed E-state index contributed by atoms with van der Waals surface area (Å²) in [4.78, 5) is 13.8. The van der Waals surface area contributed by atoms with E-state index in [0.29, 0.717) is 18.7 Å². The number of likely N-dealkylation sites (tertiary alicyclic amines) is 1. The molecular weight excluding hydrogens is 275 g/mol. The highest BCUT2D eigenvalue weighted by Crippen LogP contribution is 2.18. The average molecular weight is 296 g/mol. The molecule has 1 aliphatic heterocycles. The first kappa shape index (κ1) is 15.6. The van der Waals surface area contributed by atoms with Crippen molar-refractivity contribution in [3.8, 4) is 5.75 Å². The molecule has 1 aromatic carbocycles. The number of nitrogens with one attached hydrogen (secondary N) is 1. The Hall–Kier alpha value is -1.82. The molecule has 1 aromatic rings. The number of aliphatic hydroxyl groups is 1. The van der Waals surface area contributed by atoms with E-state index in [1.165, 1.54) is 13.2 Å². The summed E-state index contributed by atoms with van der Waals surface area (Å²) in [6.45, 7) is 1.63. The number of rotatable bonds is 4. The zero-order valence-corrected chi connectivity index (χ0v) is 12.1. The van der Waals surface area contributed by atoms with Gasteiger partial charge in [-0.15, -0.1) is 0 Å². The SMILES string of the molecule is COc1ccc(CNC(=O)N2CCCC(CO)C2)cc1F. The molecule has 0 bridgehead atoms. The third-order valence-electron chi connectivity index (χ3n) is 3.72. The Kier molecular flexibility index (Phi) is 5.38. The van der Waals surface area contributed by atoms with Gasteiger partial charge in [0.2, 0.25) is 0 Å². The molecular formula is C15H21FN2O3. The molecule has 5 nitrogen and oxygen atoms in total. The molecule has 1 fully saturated rings. The standard InChI is InChI=1S/C15H21FN2O3/c1-21-14-5-4-11(7-13(14)16)8-17-15(20)18-6-2-3-12(9-18)10-19/h4-5,7,12,19H,2-3,6,8-10H2,1H3,(H,17,20). The smallest absolute Gasteiger partial charge is 0.317 e. The fraction of sp³-hybridized carbons (Fsp3) is 0.533. The number of aliphatic hydroxyl groups excluding tert-OH is 1. The lowest BCUT2D eigenvalue weighted by Gasteiger charge is -2.31. The molecule has 1 aliphatic rings. The van der Waals surface area contributed by atoms with Gasteiger partial charge in [-0.3, -0.25) is 0 Å². The molecule has 2 amide bonds. The van der Waals surface area contributed by atoms with Crippen molar-refractivity contribution in [1.29, 1.82) is 0 Å². The van der Waals surface area contributed by atoms with Crippen molar-refractivity contribution in [2.45, 2.75) is 19.4 Å². The van der Waals surface area contributed by atoms with Crippen LogP contribution in [0.25, 0.3) is 0 Å². The van der Waals surface area contributed by atoms with Gasteiger partial charge in [0.05, 0.1) is 7.11 Å². The highest BCUT2D eigenvalue weighted by atomic mass is 19.1. The summed E-state index contributed by atoms with van der Waals surface area (Å²) < 4.78 is 18.4. The molecule has 0 aromatic heterocycles. The maximum atomic E-state index is 13.6. The van der Waals surface area contributed by atoms with Gasteiger partial charge in [0, 0.05) is 26.2 Å². The van der Waals surface area contributed by atoms with Crippen LogP contribution in [0.4, 0.5) is 9.18 Å². The second-order valence-electron chi connectivity index (χ2n) is 5.26. The summed E-state index contributed by atoms with van der Waals surface area (Å²) >= 11 is 0. The van der Waals surface area contributed by atoms with E-state index in [1.807, 2.05) is 0 Å². The van der Waals surface area contributed by atoms with E-state index < -0.39 is 5.82 Å². The van der Waals surface area contributed by atoms with Crippen molar-refractivity contribution < 1.29 is 19.0 Å². The first-order valence-corrected chi connectivity index (χ1v) is 7.10. The van der Waals surface area contributed by atoms with Crippen LogP contribution in [0.15, 0.2) is 18.2 Å². The molecule has 0 radical (unpaired) electrons. The summed E-state index contributed by atoms with van der Waals surface area (Å²) in [6.07, 6.45) is 1.85. The number of ether oxygens (including phenoxy) is 1. The fourth-order valence-electron chi connectivity index (χ4n) is 2.51. The van der Waals surface area contributed by atoms with E-state index in [4.69, 9.17) is 9.84 Å². The van der Waals surface area contributed by atoms with E-state index in [1.54, 1.807) is 17.0 Å². The Bertz CT molecular complexity index is 496. The number of benzene rings is 1. The van der Waals surface area contributed by atoms with E-state index >= 15 is 0 Å². The molecule has 2 rings (SSSR count). The van der Waals surface area contributed by atoms with Crippen LogP contribution in [0.1, 0.15) is 18.4 Å². The number of hydrogen-bond acceptors (Lipinski definition) is 3. The number of urea groups is 1. The number of nitrogens with zero attached hydrogens (tertiary/aromatic N) is 1. The minimum atomic E-state index is -0.442. The minimum Gasteiger partial charge on any atom is -0.494 e. The van der Waals surface area contributed by atoms with Gasteiger partial charge >= 0.3 is 6.03 Å². The van der Waals surface area contributed by atoms with Crippen molar-refractivity contribution in [2.24, 2.45) is 5.92 Å². The lowest BCUT2D eigenvalue weighted by atomic mass is 9.99. The highest BCUT2D eigenvalue weighted by molar-refractivity contribution is 5.74. The zero-order chi connectivity index (χ0) is 15.2. The van der Waals surface area contributed by atoms with Gasteiger partial charge in [-0.05, 0) is 36.5 Å². The molecule has 0 saturated carbocycles. The van der Waals surface area contributed by atoms with Crippen LogP contribution in [-0.2, 0) is 6.54 Å². The lowest BCUT2D eigenvalue weighted by Crippen LogP contribution is -2.45. The van der Waals surface area contributed by atoms with E-state index in [0.717, 1.165) is 12.8 Å². The Labute approximate surface area is 123 Å². The number of carbonyl (C=O) groups is 1. The van der Waals surface area contributed by atoms with E-state index in [-0.39, 0.29) is 30.9 Å². The molecule has 1 atom stereocenters. The van der Waals surface area contributed by atoms with Crippen LogP contribution in [0.5, 0.6) is 5.75 Å². The molecule has 1 saturated heterocycles. The van der Waals surface area contributed by atoms with Gasteiger partial charge in [-0.1, -0.05) is 6.07 Å². The maximum Gasteiger partial charge on any atom is 0.317 e. The summed E-state index contributed by atoms with van der Waals surface area (Å²) in [7, 11) is 1.41. The second-order valence-corrected chi connectivity index (χ2v) is 5.26. The molecule has 1 heterocycles. The molecule has 1 unspecified atom stereocenters. The topological polar surface area (TPSA) is 61.8 Å². The second kappa shape index (κ2) is 7.26. The van der Waals surface area contributed by atoms with Gasteiger partial charge in [-0.2, -0.15) is 0 Å². The third kappa shape index (κ3) is 4.07. The summed E-state index contributed by atoms with van der Waals surface area (Å²) in [6, 6.07) is 4.43. The minimum absolute atomic E-state index is 0.105. The van der Waals surface area contributed by atoms with Crippen molar-refractivity contribution in [3.05, 3.63) is 29.6 Å². The number of halogens is 1. The molecule has 116 valence electrons. The van der Waals surface area contributed by atoms with Crippen LogP contribution in [-0.4, -0.2) is 42.8 Å². The fourth-order valence-corrected chi connectivity index (χ4v) is 2.51. The molecule has 0 spiro atoms. The van der Waals surface area contributed by atoms with E-state index in [2.05, 4.69) is 5.32 Å². The van der Waals surface area contributed by atoms with Crippen molar-refractivity contribution in [3.63, 3.8) is 0 Å². The first-order chi connectivity index (χ1) is 10.1. The summed E-state index contributed by atoms with van der Waals surface area (Å²) in [5.41, 5.74) is 0.678. The van der Waals surface area contributed by atoms with Crippen molar-refractivity contribution in [1.82, 2.24) is 10.2 Å². The molecule has 0 aliphatic carbocycles. The number of carbonyl (C=O) groups excluding carboxylic acids is 1. The zero-order valence-electron chi connectivity index (χ0n) is 12.1.